The summed E-state index contributed by atoms with van der Waals surface area (Å²) in [6.45, 7) is 0.373. The van der Waals surface area contributed by atoms with Crippen molar-refractivity contribution in [3.05, 3.63) is 63.4 Å². The molecule has 33 heavy (non-hydrogen) atoms. The summed E-state index contributed by atoms with van der Waals surface area (Å²) in [4.78, 5) is 16.0. The standard InChI is InChI=1S/C25H28Cl2FN3O2/c26-15-9-10-17-19(11-15)30-24(33)25(17)21(16-7-4-8-18(27)22(16)28)23(29)20(13-32)31(25)12-14-5-2-1-3-6-14/h4,7-11,14,20-21,23,32H,1-3,5-6,12-13,29H2,(H,30,33)/t20-,21-,23+,25+/m0/s1. The monoisotopic (exact) mass is 491 g/mol. The van der Waals surface area contributed by atoms with Gasteiger partial charge in [0, 0.05) is 40.8 Å². The number of aliphatic hydroxyl groups is 1. The molecule has 0 bridgehead atoms. The zero-order valence-electron chi connectivity index (χ0n) is 18.2. The lowest BCUT2D eigenvalue weighted by Gasteiger charge is -2.41. The van der Waals surface area contributed by atoms with E-state index in [2.05, 4.69) is 5.32 Å². The van der Waals surface area contributed by atoms with Crippen LogP contribution >= 0.6 is 23.2 Å². The second kappa shape index (κ2) is 8.82. The second-order valence-electron chi connectivity index (χ2n) is 9.51. The Balaban J connectivity index is 1.73. The summed E-state index contributed by atoms with van der Waals surface area (Å²) in [5, 5.41) is 13.9. The molecule has 2 heterocycles. The van der Waals surface area contributed by atoms with E-state index in [0.29, 0.717) is 28.7 Å². The molecule has 2 fully saturated rings. The number of fused-ring (bicyclic) bond motifs is 2. The lowest BCUT2D eigenvalue weighted by atomic mass is 9.73. The number of nitrogens with two attached hydrogens (primary N) is 1. The van der Waals surface area contributed by atoms with Crippen molar-refractivity contribution >= 4 is 34.8 Å². The van der Waals surface area contributed by atoms with Crippen LogP contribution in [-0.2, 0) is 10.3 Å². The van der Waals surface area contributed by atoms with Crippen molar-refractivity contribution in [1.82, 2.24) is 4.90 Å². The molecular formula is C25H28Cl2FN3O2. The fraction of sp³-hybridized carbons (Fsp3) is 0.480. The fourth-order valence-corrected chi connectivity index (χ4v) is 6.73. The molecule has 1 saturated heterocycles. The van der Waals surface area contributed by atoms with Crippen LogP contribution in [0.25, 0.3) is 0 Å². The van der Waals surface area contributed by atoms with Gasteiger partial charge in [-0.3, -0.25) is 9.69 Å². The molecule has 8 heteroatoms. The van der Waals surface area contributed by atoms with Crippen LogP contribution in [0.15, 0.2) is 36.4 Å². The Morgan fingerprint density at radius 3 is 2.67 bits per heavy atom. The molecule has 1 saturated carbocycles. The largest absolute Gasteiger partial charge is 0.395 e. The SMILES string of the molecule is N[C@@H]1[C@H](CO)N(CC2CCCCC2)[C@@]2(C(=O)Nc3cc(Cl)ccc32)[C@H]1c1cccc(Cl)c1F. The van der Waals surface area contributed by atoms with E-state index < -0.39 is 29.4 Å². The summed E-state index contributed by atoms with van der Waals surface area (Å²) in [7, 11) is 0. The third kappa shape index (κ3) is 3.50. The van der Waals surface area contributed by atoms with Crippen molar-refractivity contribution in [2.24, 2.45) is 11.7 Å². The number of amides is 1. The predicted octanol–water partition coefficient (Wildman–Crippen LogP) is 4.65. The highest BCUT2D eigenvalue weighted by Crippen LogP contribution is 2.57. The first kappa shape index (κ1) is 23.1. The van der Waals surface area contributed by atoms with Gasteiger partial charge in [0.1, 0.15) is 11.4 Å². The van der Waals surface area contributed by atoms with E-state index in [4.69, 9.17) is 28.9 Å². The minimum atomic E-state index is -1.27. The molecule has 5 nitrogen and oxygen atoms in total. The first-order valence-corrected chi connectivity index (χ1v) is 12.3. The number of nitrogens with zero attached hydrogens (tertiary/aromatic N) is 1. The molecule has 0 unspecified atom stereocenters. The van der Waals surface area contributed by atoms with Gasteiger partial charge in [0.15, 0.2) is 0 Å². The van der Waals surface area contributed by atoms with Crippen LogP contribution < -0.4 is 11.1 Å². The molecule has 1 spiro atoms. The molecule has 1 amide bonds. The maximum Gasteiger partial charge on any atom is 0.250 e. The summed E-state index contributed by atoms with van der Waals surface area (Å²) >= 11 is 12.4. The van der Waals surface area contributed by atoms with Gasteiger partial charge in [-0.1, -0.05) is 60.7 Å². The predicted molar refractivity (Wildman–Crippen MR) is 128 cm³/mol. The van der Waals surface area contributed by atoms with Crippen LogP contribution in [0.2, 0.25) is 10.0 Å². The van der Waals surface area contributed by atoms with Crippen LogP contribution in [0.1, 0.15) is 49.1 Å². The van der Waals surface area contributed by atoms with Gasteiger partial charge in [-0.05, 0) is 42.5 Å². The highest BCUT2D eigenvalue weighted by atomic mass is 35.5. The Morgan fingerprint density at radius 1 is 1.18 bits per heavy atom. The molecule has 4 N–H and O–H groups in total. The number of carbonyl (C=O) groups is 1. The van der Waals surface area contributed by atoms with Crippen LogP contribution in [0.4, 0.5) is 10.1 Å². The Labute approximate surface area is 203 Å². The molecule has 1 aliphatic carbocycles. The van der Waals surface area contributed by atoms with E-state index in [0.717, 1.165) is 25.7 Å². The van der Waals surface area contributed by atoms with Gasteiger partial charge in [-0.15, -0.1) is 0 Å². The number of rotatable bonds is 4. The lowest BCUT2D eigenvalue weighted by molar-refractivity contribution is -0.128. The van der Waals surface area contributed by atoms with Crippen molar-refractivity contribution in [2.45, 2.75) is 55.6 Å². The highest BCUT2D eigenvalue weighted by Gasteiger charge is 2.66. The average Bonchev–Trinajstić information content (AvgIpc) is 3.21. The zero-order chi connectivity index (χ0) is 23.3. The number of nitrogens with one attached hydrogen (secondary N) is 1. The Bertz CT molecular complexity index is 1080. The van der Waals surface area contributed by atoms with E-state index in [-0.39, 0.29) is 23.1 Å². The topological polar surface area (TPSA) is 78.6 Å². The third-order valence-electron chi connectivity index (χ3n) is 7.80. The van der Waals surface area contributed by atoms with Crippen LogP contribution in [-0.4, -0.2) is 41.1 Å². The Kier molecular flexibility index (Phi) is 6.17. The maximum atomic E-state index is 15.4. The van der Waals surface area contributed by atoms with E-state index in [1.54, 1.807) is 24.3 Å². The van der Waals surface area contributed by atoms with Crippen molar-refractivity contribution in [1.29, 1.82) is 0 Å². The minimum absolute atomic E-state index is 0.0177. The van der Waals surface area contributed by atoms with Gasteiger partial charge < -0.3 is 16.2 Å². The minimum Gasteiger partial charge on any atom is -0.395 e. The number of benzene rings is 2. The van der Waals surface area contributed by atoms with E-state index in [1.807, 2.05) is 11.0 Å². The van der Waals surface area contributed by atoms with Gasteiger partial charge in [-0.25, -0.2) is 4.39 Å². The number of aliphatic hydroxyl groups excluding tert-OH is 1. The van der Waals surface area contributed by atoms with Crippen molar-refractivity contribution in [2.75, 3.05) is 18.5 Å². The molecule has 176 valence electrons. The summed E-state index contributed by atoms with van der Waals surface area (Å²) in [6.07, 6.45) is 5.62. The van der Waals surface area contributed by atoms with E-state index in [1.165, 1.54) is 12.5 Å². The molecule has 0 radical (unpaired) electrons. The van der Waals surface area contributed by atoms with Crippen molar-refractivity contribution in [3.8, 4) is 0 Å². The van der Waals surface area contributed by atoms with Crippen LogP contribution in [0.5, 0.6) is 0 Å². The Hall–Kier alpha value is -1.70. The number of likely N-dealkylation sites (tertiary alicyclic amines) is 1. The summed E-state index contributed by atoms with van der Waals surface area (Å²) in [5.74, 6) is -1.21. The number of hydrogen-bond acceptors (Lipinski definition) is 4. The summed E-state index contributed by atoms with van der Waals surface area (Å²) in [5.41, 5.74) is 7.10. The first-order valence-electron chi connectivity index (χ1n) is 11.6. The molecule has 4 atom stereocenters. The summed E-state index contributed by atoms with van der Waals surface area (Å²) in [6, 6.07) is 8.89. The van der Waals surface area contributed by atoms with Gasteiger partial charge in [-0.2, -0.15) is 0 Å². The molecule has 2 aliphatic heterocycles. The third-order valence-corrected chi connectivity index (χ3v) is 8.33. The molecule has 3 aliphatic rings. The van der Waals surface area contributed by atoms with Crippen LogP contribution in [0.3, 0.4) is 0 Å². The van der Waals surface area contributed by atoms with Gasteiger partial charge >= 0.3 is 0 Å². The van der Waals surface area contributed by atoms with Crippen molar-refractivity contribution in [3.63, 3.8) is 0 Å². The lowest BCUT2D eigenvalue weighted by Crippen LogP contribution is -2.54. The van der Waals surface area contributed by atoms with Crippen LogP contribution in [0, 0.1) is 11.7 Å². The van der Waals surface area contributed by atoms with Gasteiger partial charge in [0.05, 0.1) is 11.6 Å². The second-order valence-corrected chi connectivity index (χ2v) is 10.4. The smallest absolute Gasteiger partial charge is 0.250 e. The quantitative estimate of drug-likeness (QED) is 0.581. The van der Waals surface area contributed by atoms with E-state index >= 15 is 4.39 Å². The maximum absolute atomic E-state index is 15.4. The van der Waals surface area contributed by atoms with Gasteiger partial charge in [0.2, 0.25) is 5.91 Å². The first-order chi connectivity index (χ1) is 15.9. The number of anilines is 1. The molecule has 2 aromatic carbocycles. The molecule has 5 rings (SSSR count). The highest BCUT2D eigenvalue weighted by molar-refractivity contribution is 6.31. The zero-order valence-corrected chi connectivity index (χ0v) is 19.7. The number of halogens is 3. The number of hydrogen-bond donors (Lipinski definition) is 3. The summed E-state index contributed by atoms with van der Waals surface area (Å²) < 4.78 is 15.4. The van der Waals surface area contributed by atoms with Crippen molar-refractivity contribution < 1.29 is 14.3 Å². The normalized spacial score (nSPS) is 30.1. The molecular weight excluding hydrogens is 464 g/mol. The number of carbonyl (C=O) groups excluding carboxylic acids is 1. The molecule has 0 aromatic heterocycles. The molecule has 2 aromatic rings. The van der Waals surface area contributed by atoms with E-state index in [9.17, 15) is 9.90 Å². The average molecular weight is 492 g/mol. The van der Waals surface area contributed by atoms with Gasteiger partial charge in [0.25, 0.3) is 0 Å². The Morgan fingerprint density at radius 2 is 1.94 bits per heavy atom. The fourth-order valence-electron chi connectivity index (χ4n) is 6.38.